The summed E-state index contributed by atoms with van der Waals surface area (Å²) in [5.41, 5.74) is 2.53. The Bertz CT molecular complexity index is 809. The van der Waals surface area contributed by atoms with Crippen molar-refractivity contribution in [1.29, 1.82) is 5.26 Å². The van der Waals surface area contributed by atoms with E-state index in [1.54, 1.807) is 29.2 Å². The lowest BCUT2D eigenvalue weighted by atomic mass is 10.1. The van der Waals surface area contributed by atoms with E-state index >= 15 is 0 Å². The first kappa shape index (κ1) is 15.6. The van der Waals surface area contributed by atoms with E-state index < -0.39 is 0 Å². The van der Waals surface area contributed by atoms with Gasteiger partial charge in [0.25, 0.3) is 5.91 Å². The van der Waals surface area contributed by atoms with Gasteiger partial charge in [0.05, 0.1) is 11.6 Å². The van der Waals surface area contributed by atoms with Crippen molar-refractivity contribution in [3.63, 3.8) is 0 Å². The molecular weight excluding hydrogens is 304 g/mol. The van der Waals surface area contributed by atoms with Crippen molar-refractivity contribution in [2.24, 2.45) is 0 Å². The predicted octanol–water partition coefficient (Wildman–Crippen LogP) is 2.34. The molecule has 0 aliphatic carbocycles. The lowest BCUT2D eigenvalue weighted by molar-refractivity contribution is 0.102. The van der Waals surface area contributed by atoms with Gasteiger partial charge in [0, 0.05) is 30.9 Å². The van der Waals surface area contributed by atoms with Crippen LogP contribution in [0.1, 0.15) is 21.5 Å². The third kappa shape index (κ3) is 3.36. The molecule has 0 bridgehead atoms. The molecule has 2 aromatic rings. The average Bonchev–Trinajstić information content (AvgIpc) is 3.01. The summed E-state index contributed by atoms with van der Waals surface area (Å²) in [6, 6.07) is 15.8. The summed E-state index contributed by atoms with van der Waals surface area (Å²) in [5, 5.41) is 14.4. The molecule has 24 heavy (non-hydrogen) atoms. The number of nitriles is 1. The Hall–Kier alpha value is -3.33. The van der Waals surface area contributed by atoms with Crippen molar-refractivity contribution in [1.82, 2.24) is 10.2 Å². The number of amides is 3. The molecule has 3 amide bonds. The average molecular weight is 320 g/mol. The van der Waals surface area contributed by atoms with E-state index in [-0.39, 0.29) is 11.9 Å². The number of urea groups is 1. The van der Waals surface area contributed by atoms with Crippen LogP contribution in [0.15, 0.2) is 48.5 Å². The number of anilines is 1. The van der Waals surface area contributed by atoms with Crippen LogP contribution in [0.2, 0.25) is 0 Å². The molecule has 1 saturated heterocycles. The molecule has 0 unspecified atom stereocenters. The molecule has 6 heteroatoms. The number of benzene rings is 2. The van der Waals surface area contributed by atoms with Crippen LogP contribution in [0.25, 0.3) is 0 Å². The zero-order valence-corrected chi connectivity index (χ0v) is 13.0. The maximum atomic E-state index is 12.4. The largest absolute Gasteiger partial charge is 0.336 e. The monoisotopic (exact) mass is 320 g/mol. The van der Waals surface area contributed by atoms with E-state index in [1.165, 1.54) is 0 Å². The molecule has 3 rings (SSSR count). The zero-order valence-electron chi connectivity index (χ0n) is 13.0. The third-order valence-corrected chi connectivity index (χ3v) is 3.85. The second kappa shape index (κ2) is 6.84. The molecule has 0 spiro atoms. The summed E-state index contributed by atoms with van der Waals surface area (Å²) in [6.07, 6.45) is 0. The molecule has 1 aliphatic rings. The molecule has 1 heterocycles. The highest BCUT2D eigenvalue weighted by molar-refractivity contribution is 6.04. The fraction of sp³-hybridized carbons (Fsp3) is 0.167. The normalized spacial score (nSPS) is 13.3. The van der Waals surface area contributed by atoms with Gasteiger partial charge in [-0.1, -0.05) is 18.2 Å². The van der Waals surface area contributed by atoms with Crippen molar-refractivity contribution in [3.05, 3.63) is 65.2 Å². The molecule has 0 radical (unpaired) electrons. The predicted molar refractivity (Wildman–Crippen MR) is 89.4 cm³/mol. The van der Waals surface area contributed by atoms with Crippen LogP contribution >= 0.6 is 0 Å². The van der Waals surface area contributed by atoms with Crippen LogP contribution < -0.4 is 10.6 Å². The third-order valence-electron chi connectivity index (χ3n) is 3.85. The maximum Gasteiger partial charge on any atom is 0.317 e. The number of para-hydroxylation sites is 1. The van der Waals surface area contributed by atoms with Crippen LogP contribution in [-0.2, 0) is 6.54 Å². The van der Waals surface area contributed by atoms with Gasteiger partial charge in [-0.05, 0) is 35.9 Å². The van der Waals surface area contributed by atoms with Gasteiger partial charge in [-0.25, -0.2) is 4.79 Å². The number of hydrogen-bond donors (Lipinski definition) is 2. The topological polar surface area (TPSA) is 85.2 Å². The van der Waals surface area contributed by atoms with Crippen molar-refractivity contribution in [2.75, 3.05) is 18.4 Å². The molecule has 0 saturated carbocycles. The summed E-state index contributed by atoms with van der Waals surface area (Å²) in [5.74, 6) is -0.252. The quantitative estimate of drug-likeness (QED) is 0.906. The minimum absolute atomic E-state index is 0.0942. The van der Waals surface area contributed by atoms with E-state index in [0.29, 0.717) is 36.4 Å². The van der Waals surface area contributed by atoms with Crippen molar-refractivity contribution >= 4 is 17.6 Å². The highest BCUT2D eigenvalue weighted by Gasteiger charge is 2.20. The first-order chi connectivity index (χ1) is 11.7. The number of carbonyl (C=O) groups is 2. The Kier molecular flexibility index (Phi) is 4.43. The fourth-order valence-corrected chi connectivity index (χ4v) is 2.54. The van der Waals surface area contributed by atoms with E-state index in [2.05, 4.69) is 10.6 Å². The summed E-state index contributed by atoms with van der Waals surface area (Å²) in [6.45, 7) is 1.73. The standard InChI is InChI=1S/C18H16N4O2/c19-11-13-5-7-14(8-6-13)17(23)21-16-4-2-1-3-15(16)12-22-10-9-20-18(22)24/h1-8H,9-10,12H2,(H,20,24)(H,21,23). The van der Waals surface area contributed by atoms with Crippen LogP contribution in [0.4, 0.5) is 10.5 Å². The van der Waals surface area contributed by atoms with Gasteiger partial charge in [0.1, 0.15) is 0 Å². The van der Waals surface area contributed by atoms with E-state index in [9.17, 15) is 9.59 Å². The summed E-state index contributed by atoms with van der Waals surface area (Å²) in [4.78, 5) is 25.8. The van der Waals surface area contributed by atoms with E-state index in [0.717, 1.165) is 5.56 Å². The second-order valence-electron chi connectivity index (χ2n) is 5.45. The molecule has 1 fully saturated rings. The van der Waals surface area contributed by atoms with E-state index in [4.69, 9.17) is 5.26 Å². The van der Waals surface area contributed by atoms with Gasteiger partial charge in [0.15, 0.2) is 0 Å². The maximum absolute atomic E-state index is 12.4. The molecular formula is C18H16N4O2. The minimum Gasteiger partial charge on any atom is -0.336 e. The minimum atomic E-state index is -0.252. The first-order valence-electron chi connectivity index (χ1n) is 7.59. The fourth-order valence-electron chi connectivity index (χ4n) is 2.54. The Morgan fingerprint density at radius 3 is 2.62 bits per heavy atom. The molecule has 0 aromatic heterocycles. The first-order valence-corrected chi connectivity index (χ1v) is 7.59. The van der Waals surface area contributed by atoms with Crippen molar-refractivity contribution < 1.29 is 9.59 Å². The Morgan fingerprint density at radius 1 is 1.21 bits per heavy atom. The summed E-state index contributed by atoms with van der Waals surface area (Å²) in [7, 11) is 0. The van der Waals surface area contributed by atoms with Crippen molar-refractivity contribution in [3.8, 4) is 6.07 Å². The number of hydrogen-bond acceptors (Lipinski definition) is 3. The van der Waals surface area contributed by atoms with Crippen LogP contribution in [0.5, 0.6) is 0 Å². The SMILES string of the molecule is N#Cc1ccc(C(=O)Nc2ccccc2CN2CCNC2=O)cc1. The number of nitrogens with zero attached hydrogens (tertiary/aromatic N) is 2. The smallest absolute Gasteiger partial charge is 0.317 e. The lowest BCUT2D eigenvalue weighted by Gasteiger charge is -2.17. The molecule has 2 N–H and O–H groups in total. The highest BCUT2D eigenvalue weighted by atomic mass is 16.2. The molecule has 0 atom stereocenters. The van der Waals surface area contributed by atoms with Crippen LogP contribution in [0.3, 0.4) is 0 Å². The summed E-state index contributed by atoms with van der Waals surface area (Å²) < 4.78 is 0. The Balaban J connectivity index is 1.75. The van der Waals surface area contributed by atoms with Crippen LogP contribution in [0, 0.1) is 11.3 Å². The Labute approximate surface area is 139 Å². The van der Waals surface area contributed by atoms with Crippen molar-refractivity contribution in [2.45, 2.75) is 6.54 Å². The van der Waals surface area contributed by atoms with Gasteiger partial charge in [-0.3, -0.25) is 4.79 Å². The highest BCUT2D eigenvalue weighted by Crippen LogP contribution is 2.19. The van der Waals surface area contributed by atoms with Gasteiger partial charge in [-0.15, -0.1) is 0 Å². The van der Waals surface area contributed by atoms with Gasteiger partial charge in [0.2, 0.25) is 0 Å². The number of rotatable bonds is 4. The van der Waals surface area contributed by atoms with E-state index in [1.807, 2.05) is 30.3 Å². The number of nitrogens with one attached hydrogen (secondary N) is 2. The molecule has 1 aliphatic heterocycles. The summed E-state index contributed by atoms with van der Waals surface area (Å²) >= 11 is 0. The van der Waals surface area contributed by atoms with Gasteiger partial charge in [-0.2, -0.15) is 5.26 Å². The Morgan fingerprint density at radius 2 is 1.96 bits per heavy atom. The number of carbonyl (C=O) groups excluding carboxylic acids is 2. The zero-order chi connectivity index (χ0) is 16.9. The second-order valence-corrected chi connectivity index (χ2v) is 5.45. The van der Waals surface area contributed by atoms with Crippen LogP contribution in [-0.4, -0.2) is 29.9 Å². The molecule has 120 valence electrons. The van der Waals surface area contributed by atoms with Gasteiger partial charge >= 0.3 is 6.03 Å². The molecule has 2 aromatic carbocycles. The molecule has 6 nitrogen and oxygen atoms in total. The lowest BCUT2D eigenvalue weighted by Crippen LogP contribution is -2.28. The van der Waals surface area contributed by atoms with Gasteiger partial charge < -0.3 is 15.5 Å².